The summed E-state index contributed by atoms with van der Waals surface area (Å²) in [6.45, 7) is 0. The minimum Gasteiger partial charge on any atom is -0.456 e. The molecule has 0 saturated carbocycles. The summed E-state index contributed by atoms with van der Waals surface area (Å²) in [5, 5.41) is 2.22. The monoisotopic (exact) mass is 882 g/mol. The first kappa shape index (κ1) is 39.0. The quantitative estimate of drug-likeness (QED) is 0.157. The highest BCUT2D eigenvalue weighted by Crippen LogP contribution is 2.56. The normalized spacial score (nSPS) is 14.4. The summed E-state index contributed by atoms with van der Waals surface area (Å²) < 4.78 is 6.11. The molecule has 322 valence electrons. The first-order valence-corrected chi connectivity index (χ1v) is 23.2. The van der Waals surface area contributed by atoms with E-state index in [1.54, 1.807) is 0 Å². The van der Waals surface area contributed by atoms with E-state index in [9.17, 15) is 0 Å². The third-order valence-electron chi connectivity index (χ3n) is 13.8. The second-order valence-corrected chi connectivity index (χ2v) is 17.8. The average Bonchev–Trinajstić information content (AvgIpc) is 3.81. The van der Waals surface area contributed by atoms with Crippen LogP contribution in [-0.2, 0) is 0 Å². The van der Waals surface area contributed by atoms with Crippen LogP contribution >= 0.6 is 0 Å². The van der Waals surface area contributed by atoms with Crippen molar-refractivity contribution < 1.29 is 4.42 Å². The number of hydrogen-bond donors (Lipinski definition) is 0. The zero-order valence-electron chi connectivity index (χ0n) is 37.0. The minimum atomic E-state index is 0.0185. The van der Waals surface area contributed by atoms with Crippen LogP contribution in [0.5, 0.6) is 0 Å². The van der Waals surface area contributed by atoms with E-state index >= 15 is 0 Å². The molecule has 0 aliphatic heterocycles. The van der Waals surface area contributed by atoms with Gasteiger partial charge in [-0.2, -0.15) is 0 Å². The summed E-state index contributed by atoms with van der Waals surface area (Å²) >= 11 is 0. The van der Waals surface area contributed by atoms with E-state index < -0.39 is 0 Å². The Balaban J connectivity index is 0.855. The molecule has 69 heavy (non-hydrogen) atoms. The van der Waals surface area contributed by atoms with Crippen molar-refractivity contribution in [1.29, 1.82) is 0 Å². The van der Waals surface area contributed by atoms with Gasteiger partial charge in [0.25, 0.3) is 0 Å². The molecule has 2 atom stereocenters. The number of fused-ring (bicyclic) bond motifs is 3. The second-order valence-electron chi connectivity index (χ2n) is 17.8. The van der Waals surface area contributed by atoms with Crippen molar-refractivity contribution in [3.05, 3.63) is 252 Å². The van der Waals surface area contributed by atoms with Crippen LogP contribution in [0.25, 0.3) is 101 Å². The Morgan fingerprint density at radius 2 is 0.580 bits per heavy atom. The van der Waals surface area contributed by atoms with E-state index in [2.05, 4.69) is 127 Å². The van der Waals surface area contributed by atoms with E-state index in [0.29, 0.717) is 34.9 Å². The van der Waals surface area contributed by atoms with Crippen LogP contribution in [-0.4, -0.2) is 29.9 Å². The van der Waals surface area contributed by atoms with Gasteiger partial charge in [-0.05, 0) is 74.8 Å². The van der Waals surface area contributed by atoms with Gasteiger partial charge in [-0.25, -0.2) is 29.9 Å². The van der Waals surface area contributed by atoms with Crippen molar-refractivity contribution in [1.82, 2.24) is 29.9 Å². The second kappa shape index (κ2) is 15.7. The molecule has 9 aromatic carbocycles. The van der Waals surface area contributed by atoms with Crippen molar-refractivity contribution in [3.8, 4) is 79.5 Å². The molecule has 3 heterocycles. The highest BCUT2D eigenvalue weighted by Gasteiger charge is 2.41. The van der Waals surface area contributed by atoms with Gasteiger partial charge < -0.3 is 4.42 Å². The van der Waals surface area contributed by atoms with Crippen molar-refractivity contribution in [3.63, 3.8) is 0 Å². The van der Waals surface area contributed by atoms with E-state index in [1.807, 2.05) is 91.0 Å². The molecule has 7 nitrogen and oxygen atoms in total. The van der Waals surface area contributed by atoms with Crippen molar-refractivity contribution >= 4 is 21.9 Å². The third kappa shape index (κ3) is 6.58. The molecule has 0 radical (unpaired) electrons. The zero-order valence-corrected chi connectivity index (χ0v) is 37.0. The summed E-state index contributed by atoms with van der Waals surface area (Å²) in [6.07, 6.45) is 0. The molecular formula is C62H38N6O. The van der Waals surface area contributed by atoms with Gasteiger partial charge in [-0.3, -0.25) is 0 Å². The lowest BCUT2D eigenvalue weighted by atomic mass is 9.61. The smallest absolute Gasteiger partial charge is 0.164 e. The van der Waals surface area contributed by atoms with Crippen LogP contribution in [0.2, 0.25) is 0 Å². The first-order chi connectivity index (χ1) is 34.2. The van der Waals surface area contributed by atoms with Gasteiger partial charge in [-0.15, -0.1) is 0 Å². The zero-order chi connectivity index (χ0) is 45.4. The van der Waals surface area contributed by atoms with Crippen LogP contribution < -0.4 is 0 Å². The fraction of sp³-hybridized carbons (Fsp3) is 0.0323. The van der Waals surface area contributed by atoms with Gasteiger partial charge in [0.05, 0.1) is 0 Å². The molecule has 0 N–H and O–H groups in total. The standard InChI is InChI=1S/C62H38N6O/c1-4-14-38(15-5-1)57-63-58(39-16-6-2-7-17-39)66-61(65-57)43-28-31-48-51(35-43)55-46-21-10-11-22-47(46)56(48)52-36-44(29-32-49(52)55)62-67-59(40-18-8-3-9-19-40)64-60(68-62)41-26-24-37(25-27-41)42-30-33-54-50(34-42)45-20-12-13-23-53(45)69-54/h1-36,55-56H. The Morgan fingerprint density at radius 3 is 1.07 bits per heavy atom. The summed E-state index contributed by atoms with van der Waals surface area (Å²) in [6, 6.07) is 76.0. The van der Waals surface area contributed by atoms with Gasteiger partial charge in [0, 0.05) is 56.0 Å². The molecule has 0 fully saturated rings. The van der Waals surface area contributed by atoms with Gasteiger partial charge in [0.2, 0.25) is 0 Å². The number of furan rings is 1. The molecule has 7 heteroatoms. The maximum absolute atomic E-state index is 6.11. The van der Waals surface area contributed by atoms with Gasteiger partial charge in [-0.1, -0.05) is 188 Å². The maximum Gasteiger partial charge on any atom is 0.164 e. The molecule has 0 spiro atoms. The Kier molecular flexibility index (Phi) is 8.89. The van der Waals surface area contributed by atoms with E-state index in [0.717, 1.165) is 66.4 Å². The highest BCUT2D eigenvalue weighted by atomic mass is 16.3. The minimum absolute atomic E-state index is 0.0185. The first-order valence-electron chi connectivity index (χ1n) is 23.2. The van der Waals surface area contributed by atoms with Gasteiger partial charge >= 0.3 is 0 Å². The molecular weight excluding hydrogens is 845 g/mol. The van der Waals surface area contributed by atoms with Gasteiger partial charge in [0.15, 0.2) is 34.9 Å². The van der Waals surface area contributed by atoms with Crippen LogP contribution in [0.4, 0.5) is 0 Å². The predicted octanol–water partition coefficient (Wildman–Crippen LogP) is 14.6. The summed E-state index contributed by atoms with van der Waals surface area (Å²) in [5.41, 5.74) is 17.4. The number of para-hydroxylation sites is 1. The van der Waals surface area contributed by atoms with Crippen LogP contribution in [0.1, 0.15) is 45.2 Å². The average molecular weight is 883 g/mol. The molecule has 2 unspecified atom stereocenters. The summed E-state index contributed by atoms with van der Waals surface area (Å²) in [4.78, 5) is 30.6. The molecule has 15 rings (SSSR count). The largest absolute Gasteiger partial charge is 0.456 e. The van der Waals surface area contributed by atoms with Crippen LogP contribution in [0.3, 0.4) is 0 Å². The predicted molar refractivity (Wildman–Crippen MR) is 273 cm³/mol. The summed E-state index contributed by atoms with van der Waals surface area (Å²) in [5.74, 6) is 3.86. The number of hydrogen-bond acceptors (Lipinski definition) is 7. The number of benzene rings is 9. The highest BCUT2D eigenvalue weighted by molar-refractivity contribution is 6.06. The van der Waals surface area contributed by atoms with Crippen molar-refractivity contribution in [2.75, 3.05) is 0 Å². The number of aromatic nitrogens is 6. The maximum atomic E-state index is 6.11. The molecule has 3 aliphatic rings. The van der Waals surface area contributed by atoms with Crippen LogP contribution in [0.15, 0.2) is 223 Å². The Labute approximate surface area is 397 Å². The lowest BCUT2D eigenvalue weighted by molar-refractivity contribution is 0.669. The topological polar surface area (TPSA) is 90.5 Å². The van der Waals surface area contributed by atoms with E-state index in [4.69, 9.17) is 34.3 Å². The number of rotatable bonds is 7. The SMILES string of the molecule is c1ccc(-c2nc(-c3ccccc3)nc(-c3ccc4c(c3)C3c5ccccc5C4c4cc(-c5nc(-c6ccccc6)nc(-c6ccc(-c7ccc8oc9ccccc9c8c7)cc6)n5)ccc43)n2)cc1. The number of nitrogens with zero attached hydrogens (tertiary/aromatic N) is 6. The molecule has 3 aromatic heterocycles. The van der Waals surface area contributed by atoms with Crippen LogP contribution in [0, 0.1) is 0 Å². The summed E-state index contributed by atoms with van der Waals surface area (Å²) in [7, 11) is 0. The molecule has 2 bridgehead atoms. The molecule has 0 amide bonds. The molecule has 12 aromatic rings. The van der Waals surface area contributed by atoms with Crippen molar-refractivity contribution in [2.45, 2.75) is 11.8 Å². The van der Waals surface area contributed by atoms with E-state index in [-0.39, 0.29) is 11.8 Å². The molecule has 3 aliphatic carbocycles. The lowest BCUT2D eigenvalue weighted by Crippen LogP contribution is -2.27. The lowest BCUT2D eigenvalue weighted by Gasteiger charge is -2.42. The molecule has 0 saturated heterocycles. The van der Waals surface area contributed by atoms with Crippen molar-refractivity contribution in [2.24, 2.45) is 0 Å². The third-order valence-corrected chi connectivity index (χ3v) is 13.8. The fourth-order valence-corrected chi connectivity index (χ4v) is 10.5. The van der Waals surface area contributed by atoms with E-state index in [1.165, 1.54) is 33.4 Å². The fourth-order valence-electron chi connectivity index (χ4n) is 10.5. The Bertz CT molecular complexity index is 3910. The Morgan fingerprint density at radius 1 is 0.232 bits per heavy atom. The van der Waals surface area contributed by atoms with Gasteiger partial charge in [0.1, 0.15) is 11.2 Å². The Hall–Kier alpha value is -9.20.